The van der Waals surface area contributed by atoms with Crippen molar-refractivity contribution in [1.82, 2.24) is 15.0 Å². The summed E-state index contributed by atoms with van der Waals surface area (Å²) in [6, 6.07) is 0.351. The van der Waals surface area contributed by atoms with Crippen LogP contribution >= 0.6 is 0 Å². The van der Waals surface area contributed by atoms with Crippen molar-refractivity contribution in [3.8, 4) is 0 Å². The molecular formula is C14H19N5O. The Bertz CT molecular complexity index is 636. The van der Waals surface area contributed by atoms with Gasteiger partial charge in [0, 0.05) is 12.2 Å². The molecule has 0 radical (unpaired) electrons. The summed E-state index contributed by atoms with van der Waals surface area (Å²) in [7, 11) is 0. The van der Waals surface area contributed by atoms with E-state index in [2.05, 4.69) is 27.2 Å². The monoisotopic (exact) mass is 273 g/mol. The standard InChI is InChI=1S/C14H19N5O/c1-8-4-2-3-5-10(8)19-11-9(13(15)20)6-16-14-12(11)17-7-18-14/h6-8,10H,2-5H2,1H3,(H2,15,20)(H2,16,17,18,19)/t8-,10+/m1/s1. The number of primary amides is 1. The maximum atomic E-state index is 11.6. The van der Waals surface area contributed by atoms with E-state index in [0.29, 0.717) is 34.4 Å². The lowest BCUT2D eigenvalue weighted by Crippen LogP contribution is -2.31. The lowest BCUT2D eigenvalue weighted by molar-refractivity contribution is 0.100. The molecule has 20 heavy (non-hydrogen) atoms. The molecule has 2 aromatic rings. The number of imidazole rings is 1. The van der Waals surface area contributed by atoms with Crippen LogP contribution in [-0.2, 0) is 0 Å². The highest BCUT2D eigenvalue weighted by Crippen LogP contribution is 2.30. The molecule has 1 saturated carbocycles. The minimum atomic E-state index is -0.478. The first-order valence-electron chi connectivity index (χ1n) is 7.05. The van der Waals surface area contributed by atoms with E-state index >= 15 is 0 Å². The number of H-pyrrole nitrogens is 1. The largest absolute Gasteiger partial charge is 0.379 e. The lowest BCUT2D eigenvalue weighted by atomic mass is 9.85. The highest BCUT2D eigenvalue weighted by Gasteiger charge is 2.24. The van der Waals surface area contributed by atoms with Gasteiger partial charge >= 0.3 is 0 Å². The number of hydrogen-bond donors (Lipinski definition) is 3. The minimum Gasteiger partial charge on any atom is -0.379 e. The second kappa shape index (κ2) is 5.11. The third-order valence-corrected chi connectivity index (χ3v) is 4.15. The molecule has 4 N–H and O–H groups in total. The summed E-state index contributed by atoms with van der Waals surface area (Å²) in [6.07, 6.45) is 7.89. The molecule has 1 fully saturated rings. The van der Waals surface area contributed by atoms with Gasteiger partial charge in [0.25, 0.3) is 5.91 Å². The van der Waals surface area contributed by atoms with Gasteiger partial charge in [-0.15, -0.1) is 0 Å². The molecule has 1 aliphatic carbocycles. The summed E-state index contributed by atoms with van der Waals surface area (Å²) in [4.78, 5) is 23.0. The Morgan fingerprint density at radius 1 is 1.40 bits per heavy atom. The average molecular weight is 273 g/mol. The number of anilines is 1. The number of aromatic amines is 1. The van der Waals surface area contributed by atoms with E-state index in [1.54, 1.807) is 6.33 Å². The van der Waals surface area contributed by atoms with Gasteiger partial charge in [0.15, 0.2) is 5.65 Å². The summed E-state index contributed by atoms with van der Waals surface area (Å²) >= 11 is 0. The zero-order valence-electron chi connectivity index (χ0n) is 11.5. The second-order valence-corrected chi connectivity index (χ2v) is 5.52. The molecule has 0 aliphatic heterocycles. The van der Waals surface area contributed by atoms with Gasteiger partial charge in [0.2, 0.25) is 0 Å². The molecule has 6 nitrogen and oxygen atoms in total. The van der Waals surface area contributed by atoms with Crippen molar-refractivity contribution < 1.29 is 4.79 Å². The van der Waals surface area contributed by atoms with Crippen molar-refractivity contribution in [1.29, 1.82) is 0 Å². The van der Waals surface area contributed by atoms with Gasteiger partial charge < -0.3 is 16.0 Å². The van der Waals surface area contributed by atoms with E-state index in [4.69, 9.17) is 5.73 Å². The predicted molar refractivity (Wildman–Crippen MR) is 77.4 cm³/mol. The van der Waals surface area contributed by atoms with Gasteiger partial charge in [0.1, 0.15) is 5.52 Å². The SMILES string of the molecule is C[C@@H]1CCCC[C@@H]1Nc1c(C(N)=O)cnc2[nH]cnc12. The van der Waals surface area contributed by atoms with Gasteiger partial charge in [-0.05, 0) is 18.8 Å². The summed E-state index contributed by atoms with van der Waals surface area (Å²) in [5.41, 5.74) is 7.92. The van der Waals surface area contributed by atoms with Crippen LogP contribution in [0.4, 0.5) is 5.69 Å². The fourth-order valence-electron chi connectivity index (χ4n) is 2.94. The van der Waals surface area contributed by atoms with E-state index in [0.717, 1.165) is 6.42 Å². The Balaban J connectivity index is 2.01. The number of hydrogen-bond acceptors (Lipinski definition) is 4. The van der Waals surface area contributed by atoms with Crippen molar-refractivity contribution in [2.75, 3.05) is 5.32 Å². The molecule has 1 aliphatic rings. The summed E-state index contributed by atoms with van der Waals surface area (Å²) in [5, 5.41) is 3.49. The Labute approximate surface area is 117 Å². The van der Waals surface area contributed by atoms with Gasteiger partial charge in [-0.1, -0.05) is 19.8 Å². The third kappa shape index (κ3) is 2.21. The smallest absolute Gasteiger partial charge is 0.252 e. The van der Waals surface area contributed by atoms with Crippen LogP contribution < -0.4 is 11.1 Å². The Hall–Kier alpha value is -2.11. The zero-order valence-corrected chi connectivity index (χ0v) is 11.5. The third-order valence-electron chi connectivity index (χ3n) is 4.15. The maximum Gasteiger partial charge on any atom is 0.252 e. The fraction of sp³-hybridized carbons (Fsp3) is 0.500. The van der Waals surface area contributed by atoms with Crippen LogP contribution in [0.25, 0.3) is 11.2 Å². The molecule has 2 atom stereocenters. The van der Waals surface area contributed by atoms with Crippen molar-refractivity contribution in [3.05, 3.63) is 18.1 Å². The molecule has 0 bridgehead atoms. The summed E-state index contributed by atoms with van der Waals surface area (Å²) in [5.74, 6) is 0.0972. The minimum absolute atomic E-state index is 0.351. The van der Waals surface area contributed by atoms with Crippen LogP contribution in [0.2, 0.25) is 0 Å². The van der Waals surface area contributed by atoms with Crippen LogP contribution in [0.1, 0.15) is 43.0 Å². The molecule has 0 spiro atoms. The van der Waals surface area contributed by atoms with Gasteiger partial charge in [0.05, 0.1) is 17.6 Å². The second-order valence-electron chi connectivity index (χ2n) is 5.52. The van der Waals surface area contributed by atoms with Crippen LogP contribution in [0.3, 0.4) is 0 Å². The van der Waals surface area contributed by atoms with Crippen LogP contribution in [0, 0.1) is 5.92 Å². The number of carbonyl (C=O) groups is 1. The molecule has 6 heteroatoms. The average Bonchev–Trinajstić information content (AvgIpc) is 2.90. The number of nitrogens with one attached hydrogen (secondary N) is 2. The highest BCUT2D eigenvalue weighted by molar-refractivity contribution is 6.04. The van der Waals surface area contributed by atoms with Gasteiger partial charge in [-0.25, -0.2) is 9.97 Å². The Kier molecular flexibility index (Phi) is 3.30. The predicted octanol–water partition coefficient (Wildman–Crippen LogP) is 2.05. The first-order valence-corrected chi connectivity index (χ1v) is 7.05. The number of amides is 1. The quantitative estimate of drug-likeness (QED) is 0.797. The van der Waals surface area contributed by atoms with E-state index in [1.165, 1.54) is 25.5 Å². The molecule has 3 rings (SSSR count). The molecule has 0 unspecified atom stereocenters. The molecule has 2 aromatic heterocycles. The Morgan fingerprint density at radius 3 is 2.95 bits per heavy atom. The molecule has 1 amide bonds. The summed E-state index contributed by atoms with van der Waals surface area (Å²) in [6.45, 7) is 2.24. The maximum absolute atomic E-state index is 11.6. The molecule has 0 aromatic carbocycles. The first-order chi connectivity index (χ1) is 9.66. The number of fused-ring (bicyclic) bond motifs is 1. The number of carbonyl (C=O) groups excluding carboxylic acids is 1. The van der Waals surface area contributed by atoms with E-state index in [1.807, 2.05) is 0 Å². The Morgan fingerprint density at radius 2 is 2.20 bits per heavy atom. The van der Waals surface area contributed by atoms with Crippen LogP contribution in [0.15, 0.2) is 12.5 Å². The van der Waals surface area contributed by atoms with Gasteiger partial charge in [-0.3, -0.25) is 4.79 Å². The van der Waals surface area contributed by atoms with E-state index in [-0.39, 0.29) is 0 Å². The van der Waals surface area contributed by atoms with Crippen molar-refractivity contribution in [2.24, 2.45) is 11.7 Å². The van der Waals surface area contributed by atoms with Crippen molar-refractivity contribution in [2.45, 2.75) is 38.6 Å². The molecule has 0 saturated heterocycles. The fourth-order valence-corrected chi connectivity index (χ4v) is 2.94. The van der Waals surface area contributed by atoms with Gasteiger partial charge in [-0.2, -0.15) is 0 Å². The van der Waals surface area contributed by atoms with E-state index < -0.39 is 5.91 Å². The number of nitrogens with zero attached hydrogens (tertiary/aromatic N) is 2. The zero-order chi connectivity index (χ0) is 14.1. The molecule has 106 valence electrons. The topological polar surface area (TPSA) is 96.7 Å². The number of pyridine rings is 1. The van der Waals surface area contributed by atoms with Crippen LogP contribution in [0.5, 0.6) is 0 Å². The molecule has 2 heterocycles. The highest BCUT2D eigenvalue weighted by atomic mass is 16.1. The van der Waals surface area contributed by atoms with Crippen molar-refractivity contribution >= 4 is 22.8 Å². The number of rotatable bonds is 3. The van der Waals surface area contributed by atoms with E-state index in [9.17, 15) is 4.79 Å². The lowest BCUT2D eigenvalue weighted by Gasteiger charge is -2.30. The van der Waals surface area contributed by atoms with Crippen molar-refractivity contribution in [3.63, 3.8) is 0 Å². The first kappa shape index (κ1) is 12.9. The molecular weight excluding hydrogens is 254 g/mol. The van der Waals surface area contributed by atoms with Crippen LogP contribution in [-0.4, -0.2) is 26.9 Å². The summed E-state index contributed by atoms with van der Waals surface area (Å²) < 4.78 is 0. The normalized spacial score (nSPS) is 22.9. The number of nitrogens with two attached hydrogens (primary N) is 1. The number of aromatic nitrogens is 3.